The summed E-state index contributed by atoms with van der Waals surface area (Å²) >= 11 is 1.20. The third-order valence-electron chi connectivity index (χ3n) is 7.55. The number of alkyl carbamates (subject to hydrolysis) is 1. The number of para-hydroxylation sites is 1. The fraction of sp³-hybridized carbons (Fsp3) is 0.594. The lowest BCUT2D eigenvalue weighted by Crippen LogP contribution is -2.45. The third kappa shape index (κ3) is 11.1. The fourth-order valence-electron chi connectivity index (χ4n) is 5.06. The molecule has 1 aromatic heterocycles. The highest BCUT2D eigenvalue weighted by molar-refractivity contribution is 7.09. The molecule has 4 atom stereocenters. The van der Waals surface area contributed by atoms with Gasteiger partial charge in [0, 0.05) is 49.6 Å². The monoisotopic (exact) mass is 631 g/mol. The van der Waals surface area contributed by atoms with Gasteiger partial charge >= 0.3 is 12.1 Å². The number of carbonyl (C=O) groups excluding carboxylic acids is 3. The number of benzene rings is 1. The molecule has 0 spiro atoms. The number of nitrogen functional groups attached to an aromatic ring is 1. The Morgan fingerprint density at radius 2 is 1.80 bits per heavy atom. The van der Waals surface area contributed by atoms with Crippen molar-refractivity contribution >= 4 is 40.9 Å². The van der Waals surface area contributed by atoms with E-state index >= 15 is 0 Å². The Labute approximate surface area is 264 Å². The van der Waals surface area contributed by atoms with Gasteiger partial charge in [-0.15, -0.1) is 11.3 Å². The number of unbranched alkanes of at least 4 members (excludes halogenated alkanes) is 1. The summed E-state index contributed by atoms with van der Waals surface area (Å²) in [4.78, 5) is 57.0. The molecule has 0 aliphatic carbocycles. The highest BCUT2D eigenvalue weighted by atomic mass is 32.1. The van der Waals surface area contributed by atoms with Crippen molar-refractivity contribution in [3.05, 3.63) is 45.9 Å². The minimum atomic E-state index is -0.958. The molecule has 0 saturated heterocycles. The van der Waals surface area contributed by atoms with Crippen molar-refractivity contribution in [2.24, 2.45) is 11.8 Å². The minimum absolute atomic E-state index is 0.0750. The predicted molar refractivity (Wildman–Crippen MR) is 172 cm³/mol. The van der Waals surface area contributed by atoms with Gasteiger partial charge < -0.3 is 31.1 Å². The molecule has 244 valence electrons. The van der Waals surface area contributed by atoms with Gasteiger partial charge in [0.15, 0.2) is 6.10 Å². The summed E-state index contributed by atoms with van der Waals surface area (Å²) in [5.74, 6) is -1.97. The van der Waals surface area contributed by atoms with E-state index in [2.05, 4.69) is 15.6 Å². The first-order valence-corrected chi connectivity index (χ1v) is 16.3. The maximum absolute atomic E-state index is 13.4. The highest BCUT2D eigenvalue weighted by Crippen LogP contribution is 2.31. The number of nitrogens with two attached hydrogens (primary N) is 1. The van der Waals surface area contributed by atoms with Crippen LogP contribution in [0, 0.1) is 11.8 Å². The zero-order chi connectivity index (χ0) is 32.8. The van der Waals surface area contributed by atoms with Gasteiger partial charge in [-0.2, -0.15) is 0 Å². The molecule has 4 unspecified atom stereocenters. The van der Waals surface area contributed by atoms with Gasteiger partial charge in [0.25, 0.3) is 5.91 Å². The summed E-state index contributed by atoms with van der Waals surface area (Å²) in [5.41, 5.74) is 7.62. The molecule has 5 N–H and O–H groups in total. The number of hydrogen-bond acceptors (Lipinski definition) is 8. The Kier molecular flexibility index (Phi) is 15.1. The number of amides is 3. The van der Waals surface area contributed by atoms with Gasteiger partial charge in [0.05, 0.1) is 5.92 Å². The van der Waals surface area contributed by atoms with Gasteiger partial charge in [0.2, 0.25) is 5.91 Å². The number of carboxylic acids is 1. The summed E-state index contributed by atoms with van der Waals surface area (Å²) in [7, 11) is 1.47. The van der Waals surface area contributed by atoms with E-state index < -0.39 is 36.0 Å². The number of carboxylic acid groups (broad SMARTS) is 1. The molecule has 0 radical (unpaired) electrons. The lowest BCUT2D eigenvalue weighted by molar-refractivity contribution is -0.141. The van der Waals surface area contributed by atoms with Gasteiger partial charge in [0.1, 0.15) is 10.7 Å². The van der Waals surface area contributed by atoms with Crippen LogP contribution in [0.2, 0.25) is 0 Å². The van der Waals surface area contributed by atoms with Crippen LogP contribution in [0.15, 0.2) is 29.6 Å². The van der Waals surface area contributed by atoms with E-state index in [4.69, 9.17) is 10.5 Å². The SMILES string of the molecule is CCCCC(=O)N(CCC)C(CC(OC(=O)NC)c1nc(C(=O)NC(Cc2ccccc2N)CC(C)C(=O)O)cs1)C(C)C. The molecule has 0 aliphatic rings. The summed E-state index contributed by atoms with van der Waals surface area (Å²) in [6, 6.07) is 6.54. The molecule has 0 saturated carbocycles. The van der Waals surface area contributed by atoms with E-state index in [0.29, 0.717) is 36.5 Å². The third-order valence-corrected chi connectivity index (χ3v) is 8.49. The highest BCUT2D eigenvalue weighted by Gasteiger charge is 2.32. The molecule has 2 rings (SSSR count). The number of thiazole rings is 1. The summed E-state index contributed by atoms with van der Waals surface area (Å²) in [5, 5.41) is 17.0. The van der Waals surface area contributed by atoms with Crippen LogP contribution in [0.4, 0.5) is 10.5 Å². The Hall–Kier alpha value is -3.67. The summed E-state index contributed by atoms with van der Waals surface area (Å²) in [6.07, 6.45) is 2.41. The number of anilines is 1. The number of hydrogen-bond donors (Lipinski definition) is 4. The summed E-state index contributed by atoms with van der Waals surface area (Å²) in [6.45, 7) is 10.3. The van der Waals surface area contributed by atoms with E-state index in [9.17, 15) is 24.3 Å². The van der Waals surface area contributed by atoms with Crippen LogP contribution < -0.4 is 16.4 Å². The molecule has 1 aromatic carbocycles. The Bertz CT molecular complexity index is 1240. The first-order valence-electron chi connectivity index (χ1n) is 15.4. The molecular weight excluding hydrogens is 582 g/mol. The smallest absolute Gasteiger partial charge is 0.407 e. The van der Waals surface area contributed by atoms with E-state index in [1.165, 1.54) is 18.4 Å². The topological polar surface area (TPSA) is 164 Å². The second kappa shape index (κ2) is 18.2. The number of nitrogens with one attached hydrogen (secondary N) is 2. The number of ether oxygens (including phenoxy) is 1. The number of nitrogens with zero attached hydrogens (tertiary/aromatic N) is 2. The Morgan fingerprint density at radius 1 is 1.09 bits per heavy atom. The minimum Gasteiger partial charge on any atom is -0.481 e. The van der Waals surface area contributed by atoms with Gasteiger partial charge in [-0.25, -0.2) is 9.78 Å². The number of rotatable bonds is 18. The van der Waals surface area contributed by atoms with E-state index in [1.54, 1.807) is 18.4 Å². The van der Waals surface area contributed by atoms with Gasteiger partial charge in [-0.05, 0) is 43.2 Å². The quantitative estimate of drug-likeness (QED) is 0.159. The van der Waals surface area contributed by atoms with Crippen molar-refractivity contribution in [3.8, 4) is 0 Å². The normalized spacial score (nSPS) is 13.9. The molecule has 0 bridgehead atoms. The molecule has 2 aromatic rings. The van der Waals surface area contributed by atoms with Crippen LogP contribution in [0.1, 0.15) is 100 Å². The van der Waals surface area contributed by atoms with Gasteiger partial charge in [-0.3, -0.25) is 14.4 Å². The standard InChI is InChI=1S/C32H49N5O6S/c1-7-9-14-28(38)37(15-8-2)26(20(3)4)18-27(43-32(42)34-6)30-36-25(19-44-30)29(39)35-23(16-21(5)31(40)41)17-22-12-10-11-13-24(22)33/h10-13,19-21,23,26-27H,7-9,14-18,33H2,1-6H3,(H,34,42)(H,35,39)(H,40,41). The zero-order valence-electron chi connectivity index (χ0n) is 26.8. The molecule has 0 aliphatic heterocycles. The molecular formula is C32H49N5O6S. The lowest BCUT2D eigenvalue weighted by Gasteiger charge is -2.36. The maximum Gasteiger partial charge on any atom is 0.407 e. The van der Waals surface area contributed by atoms with Crippen LogP contribution in [0.3, 0.4) is 0 Å². The maximum atomic E-state index is 13.4. The Morgan fingerprint density at radius 3 is 2.39 bits per heavy atom. The largest absolute Gasteiger partial charge is 0.481 e. The van der Waals surface area contributed by atoms with Crippen LogP contribution in [0.25, 0.3) is 0 Å². The molecule has 12 heteroatoms. The van der Waals surface area contributed by atoms with E-state index in [1.807, 2.05) is 50.8 Å². The van der Waals surface area contributed by atoms with E-state index in [0.717, 1.165) is 24.8 Å². The lowest BCUT2D eigenvalue weighted by atomic mass is 9.95. The Balaban J connectivity index is 2.34. The molecule has 1 heterocycles. The van der Waals surface area contributed by atoms with E-state index in [-0.39, 0.29) is 30.0 Å². The van der Waals surface area contributed by atoms with Gasteiger partial charge in [-0.1, -0.05) is 59.2 Å². The van der Waals surface area contributed by atoms with Crippen LogP contribution >= 0.6 is 11.3 Å². The van der Waals surface area contributed by atoms with Crippen molar-refractivity contribution < 1.29 is 29.0 Å². The number of aliphatic carboxylic acids is 1. The van der Waals surface area contributed by atoms with Crippen molar-refractivity contribution in [2.75, 3.05) is 19.3 Å². The number of carbonyl (C=O) groups is 4. The predicted octanol–water partition coefficient (Wildman–Crippen LogP) is 5.42. The first-order chi connectivity index (χ1) is 20.9. The molecule has 11 nitrogen and oxygen atoms in total. The van der Waals surface area contributed by atoms with Crippen LogP contribution in [-0.2, 0) is 20.7 Å². The first kappa shape index (κ1) is 36.5. The van der Waals surface area contributed by atoms with Crippen molar-refractivity contribution in [3.63, 3.8) is 0 Å². The second-order valence-electron chi connectivity index (χ2n) is 11.5. The number of aromatic nitrogens is 1. The van der Waals surface area contributed by atoms with Crippen LogP contribution in [-0.4, -0.2) is 64.5 Å². The van der Waals surface area contributed by atoms with Crippen molar-refractivity contribution in [2.45, 2.75) is 97.8 Å². The average molecular weight is 632 g/mol. The molecule has 3 amide bonds. The van der Waals surface area contributed by atoms with Crippen molar-refractivity contribution in [1.29, 1.82) is 0 Å². The average Bonchev–Trinajstić information content (AvgIpc) is 3.48. The van der Waals surface area contributed by atoms with Crippen molar-refractivity contribution in [1.82, 2.24) is 20.5 Å². The fourth-order valence-corrected chi connectivity index (χ4v) is 5.90. The second-order valence-corrected chi connectivity index (χ2v) is 12.4. The molecule has 44 heavy (non-hydrogen) atoms. The van der Waals surface area contributed by atoms with Crippen LogP contribution in [0.5, 0.6) is 0 Å². The zero-order valence-corrected chi connectivity index (χ0v) is 27.6. The summed E-state index contributed by atoms with van der Waals surface area (Å²) < 4.78 is 5.75. The molecule has 0 fully saturated rings.